The Bertz CT molecular complexity index is 664. The van der Waals surface area contributed by atoms with E-state index in [1.54, 1.807) is 6.07 Å². The average molecular weight is 318 g/mol. The fourth-order valence-electron chi connectivity index (χ4n) is 1.71. The van der Waals surface area contributed by atoms with Gasteiger partial charge in [-0.3, -0.25) is 0 Å². The molecule has 0 fully saturated rings. The summed E-state index contributed by atoms with van der Waals surface area (Å²) >= 11 is 5.49. The van der Waals surface area contributed by atoms with Crippen molar-refractivity contribution in [3.8, 4) is 5.75 Å². The number of aromatic amines is 1. The smallest absolute Gasteiger partial charge is 0.417 e. The summed E-state index contributed by atoms with van der Waals surface area (Å²) in [6.45, 7) is 1.90. The molecule has 0 spiro atoms. The van der Waals surface area contributed by atoms with Crippen LogP contribution in [0.15, 0.2) is 30.5 Å². The van der Waals surface area contributed by atoms with Gasteiger partial charge < -0.3 is 9.72 Å². The largest absolute Gasteiger partial charge is 0.423 e. The Morgan fingerprint density at radius 1 is 1.33 bits per heavy atom. The number of alkyl halides is 3. The Labute approximate surface area is 123 Å². The Morgan fingerprint density at radius 2 is 2.05 bits per heavy atom. The third-order valence-electron chi connectivity index (χ3n) is 2.81. The number of benzene rings is 1. The molecule has 0 aliphatic heterocycles. The molecule has 21 heavy (non-hydrogen) atoms. The molecule has 0 aliphatic carbocycles. The first-order valence-electron chi connectivity index (χ1n) is 6.07. The molecule has 2 aromatic rings. The lowest BCUT2D eigenvalue weighted by molar-refractivity contribution is -0.137. The van der Waals surface area contributed by atoms with Crippen molar-refractivity contribution in [2.75, 3.05) is 0 Å². The van der Waals surface area contributed by atoms with Crippen molar-refractivity contribution in [2.45, 2.75) is 19.5 Å². The number of carbonyl (C=O) groups is 1. The summed E-state index contributed by atoms with van der Waals surface area (Å²) in [5, 5.41) is -0.447. The van der Waals surface area contributed by atoms with Gasteiger partial charge in [-0.2, -0.15) is 13.2 Å². The lowest BCUT2D eigenvalue weighted by Crippen LogP contribution is -2.10. The molecule has 112 valence electrons. The van der Waals surface area contributed by atoms with Gasteiger partial charge in [0.2, 0.25) is 0 Å². The second kappa shape index (κ2) is 5.81. The molecule has 0 radical (unpaired) electrons. The molecule has 0 saturated heterocycles. The molecular formula is C14H11ClF3NO2. The molecule has 0 saturated carbocycles. The minimum Gasteiger partial charge on any atom is -0.423 e. The maximum atomic E-state index is 12.7. The van der Waals surface area contributed by atoms with Crippen LogP contribution in [0.3, 0.4) is 0 Å². The molecule has 1 aromatic heterocycles. The number of esters is 1. The van der Waals surface area contributed by atoms with Crippen LogP contribution in [0.2, 0.25) is 5.02 Å². The van der Waals surface area contributed by atoms with Crippen molar-refractivity contribution >= 4 is 17.6 Å². The zero-order valence-corrected chi connectivity index (χ0v) is 11.7. The van der Waals surface area contributed by atoms with Crippen LogP contribution >= 0.6 is 11.6 Å². The summed E-state index contributed by atoms with van der Waals surface area (Å²) in [4.78, 5) is 14.7. The average Bonchev–Trinajstić information content (AvgIpc) is 2.88. The lowest BCUT2D eigenvalue weighted by atomic mass is 10.2. The van der Waals surface area contributed by atoms with E-state index in [1.807, 2.05) is 6.92 Å². The van der Waals surface area contributed by atoms with E-state index in [9.17, 15) is 18.0 Å². The first-order chi connectivity index (χ1) is 9.81. The summed E-state index contributed by atoms with van der Waals surface area (Å²) < 4.78 is 43.1. The quantitative estimate of drug-likeness (QED) is 0.670. The van der Waals surface area contributed by atoms with Crippen LogP contribution in [0.4, 0.5) is 13.2 Å². The van der Waals surface area contributed by atoms with Crippen molar-refractivity contribution in [1.29, 1.82) is 0 Å². The normalized spacial score (nSPS) is 11.5. The second-order valence-electron chi connectivity index (χ2n) is 4.30. The van der Waals surface area contributed by atoms with E-state index in [0.717, 1.165) is 11.8 Å². The minimum atomic E-state index is -4.61. The van der Waals surface area contributed by atoms with Crippen LogP contribution in [0.5, 0.6) is 5.75 Å². The van der Waals surface area contributed by atoms with E-state index in [1.165, 1.54) is 12.3 Å². The van der Waals surface area contributed by atoms with Gasteiger partial charge in [0.1, 0.15) is 5.75 Å². The molecule has 0 atom stereocenters. The summed E-state index contributed by atoms with van der Waals surface area (Å²) in [5.74, 6) is -0.947. The van der Waals surface area contributed by atoms with Gasteiger partial charge in [0, 0.05) is 11.9 Å². The van der Waals surface area contributed by atoms with E-state index in [0.29, 0.717) is 12.5 Å². The monoisotopic (exact) mass is 317 g/mol. The van der Waals surface area contributed by atoms with Gasteiger partial charge >= 0.3 is 12.1 Å². The number of aryl methyl sites for hydroxylation is 1. The topological polar surface area (TPSA) is 42.1 Å². The summed E-state index contributed by atoms with van der Waals surface area (Å²) in [7, 11) is 0. The van der Waals surface area contributed by atoms with Gasteiger partial charge in [-0.05, 0) is 30.7 Å². The number of carbonyl (C=O) groups excluding carboxylic acids is 1. The van der Waals surface area contributed by atoms with E-state index < -0.39 is 22.7 Å². The minimum absolute atomic E-state index is 0.212. The van der Waals surface area contributed by atoms with Crippen LogP contribution in [0, 0.1) is 0 Å². The lowest BCUT2D eigenvalue weighted by Gasteiger charge is -2.10. The number of halogens is 4. The van der Waals surface area contributed by atoms with Crippen molar-refractivity contribution in [1.82, 2.24) is 4.98 Å². The number of hydrogen-bond acceptors (Lipinski definition) is 2. The van der Waals surface area contributed by atoms with Gasteiger partial charge in [0.15, 0.2) is 0 Å². The van der Waals surface area contributed by atoms with Gasteiger partial charge in [-0.15, -0.1) is 0 Å². The predicted octanol–water partition coefficient (Wildman–Crippen LogP) is 4.47. The zero-order chi connectivity index (χ0) is 15.6. The predicted molar refractivity (Wildman–Crippen MR) is 71.6 cm³/mol. The van der Waals surface area contributed by atoms with Gasteiger partial charge in [0.05, 0.1) is 16.1 Å². The first-order valence-corrected chi connectivity index (χ1v) is 6.45. The number of H-pyrrole nitrogens is 1. The van der Waals surface area contributed by atoms with Crippen LogP contribution < -0.4 is 4.74 Å². The third kappa shape index (κ3) is 3.58. The Hall–Kier alpha value is -1.95. The van der Waals surface area contributed by atoms with Crippen LogP contribution in [0.25, 0.3) is 0 Å². The molecule has 0 amide bonds. The van der Waals surface area contributed by atoms with Crippen molar-refractivity contribution in [3.05, 3.63) is 52.3 Å². The highest BCUT2D eigenvalue weighted by Crippen LogP contribution is 2.36. The Morgan fingerprint density at radius 3 is 2.62 bits per heavy atom. The van der Waals surface area contributed by atoms with Crippen molar-refractivity contribution < 1.29 is 22.7 Å². The van der Waals surface area contributed by atoms with E-state index in [2.05, 4.69) is 4.98 Å². The Balaban J connectivity index is 2.21. The Kier molecular flexibility index (Phi) is 4.27. The number of rotatable bonds is 3. The van der Waals surface area contributed by atoms with E-state index in [4.69, 9.17) is 16.3 Å². The molecule has 2 rings (SSSR count). The summed E-state index contributed by atoms with van der Waals surface area (Å²) in [6.07, 6.45) is -2.46. The summed E-state index contributed by atoms with van der Waals surface area (Å²) in [5.41, 5.74) is 0.0298. The molecule has 0 bridgehead atoms. The van der Waals surface area contributed by atoms with Gasteiger partial charge in [-0.25, -0.2) is 4.79 Å². The van der Waals surface area contributed by atoms with Crippen LogP contribution in [-0.2, 0) is 12.6 Å². The number of ether oxygens (including phenoxy) is 1. The first kappa shape index (κ1) is 15.4. The zero-order valence-electron chi connectivity index (χ0n) is 10.9. The van der Waals surface area contributed by atoms with Gasteiger partial charge in [0.25, 0.3) is 0 Å². The SMILES string of the molecule is CCc1cc(C(=O)Oc2ccc(Cl)c(C(F)(F)F)c2)c[nH]1. The van der Waals surface area contributed by atoms with E-state index in [-0.39, 0.29) is 11.3 Å². The highest BCUT2D eigenvalue weighted by atomic mass is 35.5. The highest BCUT2D eigenvalue weighted by Gasteiger charge is 2.33. The fraction of sp³-hybridized carbons (Fsp3) is 0.214. The van der Waals surface area contributed by atoms with E-state index >= 15 is 0 Å². The maximum absolute atomic E-state index is 12.7. The number of aromatic nitrogens is 1. The molecule has 3 nitrogen and oxygen atoms in total. The van der Waals surface area contributed by atoms with Crippen LogP contribution in [0.1, 0.15) is 28.5 Å². The molecule has 0 aliphatic rings. The number of nitrogens with one attached hydrogen (secondary N) is 1. The van der Waals surface area contributed by atoms with Crippen molar-refractivity contribution in [3.63, 3.8) is 0 Å². The van der Waals surface area contributed by atoms with Crippen LogP contribution in [-0.4, -0.2) is 11.0 Å². The molecular weight excluding hydrogens is 307 g/mol. The van der Waals surface area contributed by atoms with Gasteiger partial charge in [-0.1, -0.05) is 18.5 Å². The maximum Gasteiger partial charge on any atom is 0.417 e. The summed E-state index contributed by atoms with van der Waals surface area (Å²) in [6, 6.07) is 4.54. The second-order valence-corrected chi connectivity index (χ2v) is 4.70. The molecule has 0 unspecified atom stereocenters. The number of hydrogen-bond donors (Lipinski definition) is 1. The molecule has 7 heteroatoms. The molecule has 1 N–H and O–H groups in total. The molecule has 1 heterocycles. The highest BCUT2D eigenvalue weighted by molar-refractivity contribution is 6.31. The van der Waals surface area contributed by atoms with Crippen molar-refractivity contribution in [2.24, 2.45) is 0 Å². The molecule has 1 aromatic carbocycles. The standard InChI is InChI=1S/C14H11ClF3NO2/c1-2-9-5-8(7-19-9)13(20)21-10-3-4-12(15)11(6-10)14(16,17)18/h3-7,19H,2H2,1H3. The third-order valence-corrected chi connectivity index (χ3v) is 3.14. The fourth-order valence-corrected chi connectivity index (χ4v) is 1.94.